The van der Waals surface area contributed by atoms with Crippen LogP contribution in [0.1, 0.15) is 22.0 Å². The zero-order valence-corrected chi connectivity index (χ0v) is 16.8. The monoisotopic (exact) mass is 405 g/mol. The van der Waals surface area contributed by atoms with Crippen LogP contribution in [0.3, 0.4) is 0 Å². The van der Waals surface area contributed by atoms with Crippen LogP contribution in [0.15, 0.2) is 72.1 Å². The first kappa shape index (κ1) is 19.4. The van der Waals surface area contributed by atoms with E-state index in [-0.39, 0.29) is 6.04 Å². The topological polar surface area (TPSA) is 61.4 Å². The standard InChI is InChI=1S/C23H23N3O2S/c27-22(23(28)25-19-9-2-1-3-10-19)24-15-20(21-11-6-14-29-21)26-13-12-17-7-4-5-8-18(17)16-26/h1-11,14,20H,12-13,15-16H2,(H,24,27)(H,25,28). The van der Waals surface area contributed by atoms with Crippen LogP contribution < -0.4 is 10.6 Å². The third-order valence-electron chi connectivity index (χ3n) is 5.17. The molecule has 0 saturated carbocycles. The van der Waals surface area contributed by atoms with Gasteiger partial charge in [0.1, 0.15) is 0 Å². The van der Waals surface area contributed by atoms with Gasteiger partial charge >= 0.3 is 11.8 Å². The molecule has 0 radical (unpaired) electrons. The van der Waals surface area contributed by atoms with Crippen LogP contribution in [0, 0.1) is 0 Å². The number of nitrogens with zero attached hydrogens (tertiary/aromatic N) is 1. The number of amides is 2. The first-order valence-corrected chi connectivity index (χ1v) is 10.6. The molecule has 1 unspecified atom stereocenters. The lowest BCUT2D eigenvalue weighted by molar-refractivity contribution is -0.136. The minimum Gasteiger partial charge on any atom is -0.346 e. The molecule has 2 aromatic carbocycles. The third-order valence-corrected chi connectivity index (χ3v) is 6.14. The number of fused-ring (bicyclic) bond motifs is 1. The van der Waals surface area contributed by atoms with Gasteiger partial charge in [0.15, 0.2) is 0 Å². The van der Waals surface area contributed by atoms with Gasteiger partial charge in [0, 0.05) is 30.2 Å². The molecule has 0 saturated heterocycles. The van der Waals surface area contributed by atoms with E-state index >= 15 is 0 Å². The minimum absolute atomic E-state index is 0.0387. The lowest BCUT2D eigenvalue weighted by atomic mass is 9.98. The van der Waals surface area contributed by atoms with Crippen LogP contribution in [0.2, 0.25) is 0 Å². The molecule has 1 aliphatic rings. The van der Waals surface area contributed by atoms with Crippen LogP contribution >= 0.6 is 11.3 Å². The maximum atomic E-state index is 12.4. The summed E-state index contributed by atoms with van der Waals surface area (Å²) >= 11 is 1.68. The van der Waals surface area contributed by atoms with Gasteiger partial charge in [-0.05, 0) is 41.1 Å². The second-order valence-corrected chi connectivity index (χ2v) is 8.03. The summed E-state index contributed by atoms with van der Waals surface area (Å²) in [5, 5.41) is 7.50. The van der Waals surface area contributed by atoms with Crippen molar-refractivity contribution in [3.63, 3.8) is 0 Å². The molecule has 6 heteroatoms. The Labute approximate surface area is 174 Å². The normalized spacial score (nSPS) is 14.6. The van der Waals surface area contributed by atoms with Gasteiger partial charge in [-0.2, -0.15) is 0 Å². The van der Waals surface area contributed by atoms with E-state index in [4.69, 9.17) is 0 Å². The lowest BCUT2D eigenvalue weighted by Gasteiger charge is -2.35. The van der Waals surface area contributed by atoms with Gasteiger partial charge < -0.3 is 10.6 Å². The average Bonchev–Trinajstić information content (AvgIpc) is 3.29. The number of thiophene rings is 1. The van der Waals surface area contributed by atoms with E-state index in [0.29, 0.717) is 12.2 Å². The van der Waals surface area contributed by atoms with Crippen molar-refractivity contribution in [1.29, 1.82) is 0 Å². The highest BCUT2D eigenvalue weighted by atomic mass is 32.1. The van der Waals surface area contributed by atoms with E-state index in [9.17, 15) is 9.59 Å². The number of benzene rings is 2. The van der Waals surface area contributed by atoms with E-state index < -0.39 is 11.8 Å². The summed E-state index contributed by atoms with van der Waals surface area (Å²) in [7, 11) is 0. The molecule has 3 aromatic rings. The van der Waals surface area contributed by atoms with Gasteiger partial charge in [0.2, 0.25) is 0 Å². The number of para-hydroxylation sites is 1. The molecule has 0 bridgehead atoms. The van der Waals surface area contributed by atoms with Crippen LogP contribution in [-0.2, 0) is 22.6 Å². The molecule has 5 nitrogen and oxygen atoms in total. The molecule has 1 aliphatic heterocycles. The Morgan fingerprint density at radius 3 is 2.45 bits per heavy atom. The second-order valence-electron chi connectivity index (χ2n) is 7.05. The van der Waals surface area contributed by atoms with Gasteiger partial charge in [-0.15, -0.1) is 11.3 Å². The summed E-state index contributed by atoms with van der Waals surface area (Å²) in [5.41, 5.74) is 3.32. The zero-order chi connectivity index (χ0) is 20.1. The number of hydrogen-bond donors (Lipinski definition) is 2. The molecule has 1 aromatic heterocycles. The van der Waals surface area contributed by atoms with Crippen LogP contribution in [0.4, 0.5) is 5.69 Å². The Hall–Kier alpha value is -2.96. The minimum atomic E-state index is -0.648. The van der Waals surface area contributed by atoms with Gasteiger partial charge in [-0.3, -0.25) is 14.5 Å². The highest BCUT2D eigenvalue weighted by Gasteiger charge is 2.26. The predicted molar refractivity (Wildman–Crippen MR) is 116 cm³/mol. The number of nitrogens with one attached hydrogen (secondary N) is 2. The average molecular weight is 406 g/mol. The molecule has 2 amide bonds. The van der Waals surface area contributed by atoms with Gasteiger partial charge in [-0.25, -0.2) is 0 Å². The maximum absolute atomic E-state index is 12.4. The van der Waals surface area contributed by atoms with Crippen LogP contribution in [0.5, 0.6) is 0 Å². The Morgan fingerprint density at radius 2 is 1.69 bits per heavy atom. The van der Waals surface area contributed by atoms with E-state index in [1.165, 1.54) is 16.0 Å². The van der Waals surface area contributed by atoms with Gasteiger partial charge in [0.05, 0.1) is 6.04 Å². The van der Waals surface area contributed by atoms with E-state index in [2.05, 4.69) is 45.9 Å². The molecule has 2 N–H and O–H groups in total. The second kappa shape index (κ2) is 9.03. The fourth-order valence-corrected chi connectivity index (χ4v) is 4.51. The largest absolute Gasteiger partial charge is 0.346 e. The van der Waals surface area contributed by atoms with Crippen molar-refractivity contribution in [2.24, 2.45) is 0 Å². The summed E-state index contributed by atoms with van der Waals surface area (Å²) in [4.78, 5) is 28.1. The van der Waals surface area contributed by atoms with Crippen molar-refractivity contribution >= 4 is 28.8 Å². The summed E-state index contributed by atoms with van der Waals surface area (Å²) in [6, 6.07) is 21.6. The Bertz CT molecular complexity index is 973. The fraction of sp³-hybridized carbons (Fsp3) is 0.217. The van der Waals surface area contributed by atoms with Gasteiger partial charge in [0.25, 0.3) is 0 Å². The van der Waals surface area contributed by atoms with Crippen LogP contribution in [-0.4, -0.2) is 29.8 Å². The van der Waals surface area contributed by atoms with Crippen molar-refractivity contribution < 1.29 is 9.59 Å². The molecule has 0 aliphatic carbocycles. The molecule has 4 rings (SSSR count). The fourth-order valence-electron chi connectivity index (χ4n) is 3.65. The first-order chi connectivity index (χ1) is 14.2. The summed E-state index contributed by atoms with van der Waals surface area (Å²) in [6.07, 6.45) is 0.987. The number of carbonyl (C=O) groups is 2. The highest BCUT2D eigenvalue weighted by molar-refractivity contribution is 7.10. The third kappa shape index (κ3) is 4.72. The molecular weight excluding hydrogens is 382 g/mol. The van der Waals surface area contributed by atoms with Crippen molar-refractivity contribution in [3.8, 4) is 0 Å². The molecular formula is C23H23N3O2S. The Morgan fingerprint density at radius 1 is 0.931 bits per heavy atom. The first-order valence-electron chi connectivity index (χ1n) is 9.69. The number of hydrogen-bond acceptors (Lipinski definition) is 4. The molecule has 1 atom stereocenters. The summed E-state index contributed by atoms with van der Waals surface area (Å²) < 4.78 is 0. The molecule has 0 spiro atoms. The van der Waals surface area contributed by atoms with Crippen molar-refractivity contribution in [3.05, 3.63) is 88.1 Å². The summed E-state index contributed by atoms with van der Waals surface area (Å²) in [6.45, 7) is 2.15. The quantitative estimate of drug-likeness (QED) is 0.638. The van der Waals surface area contributed by atoms with Crippen molar-refractivity contribution in [2.45, 2.75) is 19.0 Å². The Balaban J connectivity index is 1.42. The maximum Gasteiger partial charge on any atom is 0.313 e. The smallest absolute Gasteiger partial charge is 0.313 e. The zero-order valence-electron chi connectivity index (χ0n) is 16.0. The molecule has 2 heterocycles. The van der Waals surface area contributed by atoms with Crippen molar-refractivity contribution in [2.75, 3.05) is 18.4 Å². The predicted octanol–water partition coefficient (Wildman–Crippen LogP) is 3.60. The SMILES string of the molecule is O=C(NCC(c1cccs1)N1CCc2ccccc2C1)C(=O)Nc1ccccc1. The summed E-state index contributed by atoms with van der Waals surface area (Å²) in [5.74, 6) is -1.27. The Kier molecular flexibility index (Phi) is 6.03. The number of rotatable bonds is 5. The molecule has 0 fully saturated rings. The van der Waals surface area contributed by atoms with Gasteiger partial charge in [-0.1, -0.05) is 48.5 Å². The highest BCUT2D eigenvalue weighted by Crippen LogP contribution is 2.30. The lowest BCUT2D eigenvalue weighted by Crippen LogP contribution is -2.43. The van der Waals surface area contributed by atoms with E-state index in [1.54, 1.807) is 23.5 Å². The van der Waals surface area contributed by atoms with E-state index in [0.717, 1.165) is 19.5 Å². The van der Waals surface area contributed by atoms with E-state index in [1.807, 2.05) is 29.6 Å². The van der Waals surface area contributed by atoms with Crippen LogP contribution in [0.25, 0.3) is 0 Å². The molecule has 29 heavy (non-hydrogen) atoms. The number of carbonyl (C=O) groups excluding carboxylic acids is 2. The number of anilines is 1. The molecule has 148 valence electrons. The van der Waals surface area contributed by atoms with Crippen molar-refractivity contribution in [1.82, 2.24) is 10.2 Å².